The summed E-state index contributed by atoms with van der Waals surface area (Å²) in [5.74, 6) is -0.466. The number of H-pyrrole nitrogens is 1. The molecule has 4 aromatic rings. The lowest BCUT2D eigenvalue weighted by molar-refractivity contribution is -0.138. The maximum Gasteiger partial charge on any atom is 0.338 e. The molecule has 32 heavy (non-hydrogen) atoms. The Morgan fingerprint density at radius 2 is 2.03 bits per heavy atom. The van der Waals surface area contributed by atoms with E-state index < -0.39 is 12.0 Å². The van der Waals surface area contributed by atoms with Crippen molar-refractivity contribution in [2.45, 2.75) is 13.0 Å². The quantitative estimate of drug-likeness (QED) is 0.463. The van der Waals surface area contributed by atoms with Crippen LogP contribution in [0.5, 0.6) is 0 Å². The summed E-state index contributed by atoms with van der Waals surface area (Å²) in [6, 6.07) is 16.6. The third-order valence-corrected chi connectivity index (χ3v) is 7.00. The van der Waals surface area contributed by atoms with E-state index in [4.69, 9.17) is 9.73 Å². The largest absolute Gasteiger partial charge is 0.463 e. The predicted molar refractivity (Wildman–Crippen MR) is 126 cm³/mol. The first-order chi connectivity index (χ1) is 15.7. The van der Waals surface area contributed by atoms with Crippen LogP contribution in [0, 0.1) is 0 Å². The maximum atomic E-state index is 13.5. The highest BCUT2D eigenvalue weighted by molar-refractivity contribution is 7.10. The molecule has 160 valence electrons. The Labute approximate surface area is 191 Å². The monoisotopic (exact) mass is 461 g/mol. The van der Waals surface area contributed by atoms with Crippen molar-refractivity contribution < 1.29 is 9.53 Å². The summed E-state index contributed by atoms with van der Waals surface area (Å²) in [4.78, 5) is 36.1. The highest BCUT2D eigenvalue weighted by atomic mass is 32.1. The van der Waals surface area contributed by atoms with Gasteiger partial charge in [0.2, 0.25) is 0 Å². The fourth-order valence-corrected chi connectivity index (χ4v) is 5.55. The third-order valence-electron chi connectivity index (χ3n) is 5.09. The van der Waals surface area contributed by atoms with E-state index in [1.165, 1.54) is 22.7 Å². The number of thiazole rings is 1. The van der Waals surface area contributed by atoms with Gasteiger partial charge in [-0.25, -0.2) is 9.79 Å². The van der Waals surface area contributed by atoms with Crippen molar-refractivity contribution in [1.29, 1.82) is 0 Å². The van der Waals surface area contributed by atoms with Gasteiger partial charge in [-0.05, 0) is 36.6 Å². The van der Waals surface area contributed by atoms with Gasteiger partial charge in [-0.15, -0.1) is 11.3 Å². The molecule has 0 fully saturated rings. The number of carbonyl (C=O) groups excluding carboxylic acids is 1. The van der Waals surface area contributed by atoms with Crippen LogP contribution in [0.2, 0.25) is 0 Å². The second kappa shape index (κ2) is 8.57. The molecule has 0 saturated heterocycles. The Morgan fingerprint density at radius 1 is 1.19 bits per heavy atom. The maximum absolute atomic E-state index is 13.5. The molecular formula is C24H19N3O3S2. The van der Waals surface area contributed by atoms with E-state index in [1.807, 2.05) is 72.3 Å². The lowest BCUT2D eigenvalue weighted by Gasteiger charge is -2.24. The second-order valence-electron chi connectivity index (χ2n) is 7.07. The lowest BCUT2D eigenvalue weighted by Crippen LogP contribution is -2.39. The van der Waals surface area contributed by atoms with Crippen LogP contribution in [0.4, 0.5) is 0 Å². The molecule has 1 aliphatic heterocycles. The molecule has 6 nitrogen and oxygen atoms in total. The third kappa shape index (κ3) is 3.57. The zero-order valence-electron chi connectivity index (χ0n) is 17.1. The highest BCUT2D eigenvalue weighted by Crippen LogP contribution is 2.36. The predicted octanol–water partition coefficient (Wildman–Crippen LogP) is 3.33. The number of nitrogens with one attached hydrogen (secondary N) is 1. The molecule has 0 amide bonds. The number of aromatic amines is 1. The minimum atomic E-state index is -0.605. The second-order valence-corrected chi connectivity index (χ2v) is 9.06. The Morgan fingerprint density at radius 3 is 2.72 bits per heavy atom. The van der Waals surface area contributed by atoms with Crippen molar-refractivity contribution >= 4 is 40.4 Å². The zero-order valence-corrected chi connectivity index (χ0v) is 18.8. The van der Waals surface area contributed by atoms with Gasteiger partial charge in [0.05, 0.1) is 22.4 Å². The van der Waals surface area contributed by atoms with E-state index in [9.17, 15) is 9.59 Å². The minimum absolute atomic E-state index is 0.185. The number of aromatic nitrogens is 2. The molecule has 3 aromatic heterocycles. The van der Waals surface area contributed by atoms with E-state index in [0.29, 0.717) is 20.6 Å². The molecule has 1 aromatic carbocycles. The number of benzene rings is 1. The topological polar surface area (TPSA) is 76.4 Å². The van der Waals surface area contributed by atoms with Crippen LogP contribution >= 0.6 is 22.7 Å². The van der Waals surface area contributed by atoms with Crippen LogP contribution in [0.25, 0.3) is 11.8 Å². The Hall–Kier alpha value is -3.49. The zero-order chi connectivity index (χ0) is 22.1. The van der Waals surface area contributed by atoms with Crippen molar-refractivity contribution in [3.8, 4) is 0 Å². The van der Waals surface area contributed by atoms with Gasteiger partial charge < -0.3 is 9.72 Å². The summed E-state index contributed by atoms with van der Waals surface area (Å²) in [6.07, 6.45) is 3.62. The molecule has 4 heterocycles. The fraction of sp³-hybridized carbons (Fsp3) is 0.125. The molecule has 0 radical (unpaired) electrons. The number of rotatable bonds is 5. The average molecular weight is 462 g/mol. The normalized spacial score (nSPS) is 16.0. The van der Waals surface area contributed by atoms with Crippen LogP contribution in [-0.2, 0) is 9.53 Å². The molecule has 1 unspecified atom stereocenters. The Balaban J connectivity index is 1.83. The summed E-state index contributed by atoms with van der Waals surface area (Å²) in [5.41, 5.74) is 2.36. The lowest BCUT2D eigenvalue weighted by atomic mass is 9.97. The van der Waals surface area contributed by atoms with Gasteiger partial charge in [-0.1, -0.05) is 47.7 Å². The SMILES string of the molecule is CCOC(=O)C1=C(c2ccccc2)N=c2sc(=Cc3ccc[nH]3)c(=O)n2C1c1cccs1. The average Bonchev–Trinajstić information content (AvgIpc) is 3.57. The van der Waals surface area contributed by atoms with Gasteiger partial charge in [-0.2, -0.15) is 0 Å². The van der Waals surface area contributed by atoms with Crippen LogP contribution in [-0.4, -0.2) is 22.1 Å². The summed E-state index contributed by atoms with van der Waals surface area (Å²) < 4.78 is 7.59. The number of esters is 1. The molecule has 8 heteroatoms. The van der Waals surface area contributed by atoms with Crippen molar-refractivity contribution in [1.82, 2.24) is 9.55 Å². The van der Waals surface area contributed by atoms with Gasteiger partial charge in [0, 0.05) is 22.3 Å². The first kappa shape index (κ1) is 20.4. The first-order valence-corrected chi connectivity index (χ1v) is 11.8. The van der Waals surface area contributed by atoms with Gasteiger partial charge in [-0.3, -0.25) is 9.36 Å². The Bertz CT molecular complexity index is 1460. The number of hydrogen-bond donors (Lipinski definition) is 1. The number of thiophene rings is 1. The van der Waals surface area contributed by atoms with Gasteiger partial charge in [0.15, 0.2) is 4.80 Å². The van der Waals surface area contributed by atoms with Crippen molar-refractivity contribution in [2.75, 3.05) is 6.61 Å². The number of fused-ring (bicyclic) bond motifs is 1. The number of carbonyl (C=O) groups is 1. The van der Waals surface area contributed by atoms with Crippen LogP contribution in [0.15, 0.2) is 81.5 Å². The summed E-state index contributed by atoms with van der Waals surface area (Å²) in [6.45, 7) is 2.01. The molecule has 5 rings (SSSR count). The van der Waals surface area contributed by atoms with Crippen LogP contribution < -0.4 is 14.9 Å². The molecule has 0 saturated carbocycles. The van der Waals surface area contributed by atoms with Crippen molar-refractivity contribution in [2.24, 2.45) is 4.99 Å². The summed E-state index contributed by atoms with van der Waals surface area (Å²) >= 11 is 2.81. The van der Waals surface area contributed by atoms with Crippen molar-refractivity contribution in [3.63, 3.8) is 0 Å². The van der Waals surface area contributed by atoms with E-state index in [-0.39, 0.29) is 12.2 Å². The number of hydrogen-bond acceptors (Lipinski definition) is 6. The molecule has 0 spiro atoms. The van der Waals surface area contributed by atoms with Crippen molar-refractivity contribution in [3.05, 3.63) is 108 Å². The van der Waals surface area contributed by atoms with E-state index >= 15 is 0 Å². The van der Waals surface area contributed by atoms with E-state index in [2.05, 4.69) is 4.98 Å². The molecule has 1 N–H and O–H groups in total. The van der Waals surface area contributed by atoms with Gasteiger partial charge >= 0.3 is 5.97 Å². The number of ether oxygens (including phenoxy) is 1. The molecular weight excluding hydrogens is 442 g/mol. The highest BCUT2D eigenvalue weighted by Gasteiger charge is 2.35. The summed E-state index contributed by atoms with van der Waals surface area (Å²) in [7, 11) is 0. The molecule has 1 aliphatic rings. The smallest absolute Gasteiger partial charge is 0.338 e. The Kier molecular flexibility index (Phi) is 5.46. The van der Waals surface area contributed by atoms with E-state index in [1.54, 1.807) is 11.5 Å². The standard InChI is InChI=1S/C24H19N3O3S2/c1-2-30-23(29)19-20(15-8-4-3-5-9-15)26-24-27(21(19)17-11-7-13-31-17)22(28)18(32-24)14-16-10-6-12-25-16/h3-14,21,25H,2H2,1H3. The first-order valence-electron chi connectivity index (χ1n) is 10.1. The number of nitrogens with zero attached hydrogens (tertiary/aromatic N) is 2. The summed E-state index contributed by atoms with van der Waals surface area (Å²) in [5, 5.41) is 1.94. The van der Waals surface area contributed by atoms with E-state index in [0.717, 1.165) is 16.1 Å². The molecule has 0 aliphatic carbocycles. The van der Waals surface area contributed by atoms with Gasteiger partial charge in [0.25, 0.3) is 5.56 Å². The van der Waals surface area contributed by atoms with Crippen LogP contribution in [0.3, 0.4) is 0 Å². The molecule has 0 bridgehead atoms. The fourth-order valence-electron chi connectivity index (χ4n) is 3.73. The van der Waals surface area contributed by atoms with Gasteiger partial charge in [0.1, 0.15) is 6.04 Å². The van der Waals surface area contributed by atoms with Crippen LogP contribution in [0.1, 0.15) is 29.1 Å². The molecule has 1 atom stereocenters. The minimum Gasteiger partial charge on any atom is -0.463 e.